The highest BCUT2D eigenvalue weighted by Crippen LogP contribution is 2.34. The van der Waals surface area contributed by atoms with Crippen molar-refractivity contribution in [3.05, 3.63) is 29.8 Å². The smallest absolute Gasteiger partial charge is 0.232 e. The predicted octanol–water partition coefficient (Wildman–Crippen LogP) is 2.58. The molecule has 1 aromatic carbocycles. The Bertz CT molecular complexity index is 532. The van der Waals surface area contributed by atoms with Crippen LogP contribution >= 0.6 is 0 Å². The third-order valence-corrected chi connectivity index (χ3v) is 4.24. The van der Waals surface area contributed by atoms with Crippen molar-refractivity contribution in [2.24, 2.45) is 11.8 Å². The van der Waals surface area contributed by atoms with Gasteiger partial charge in [-0.05, 0) is 44.0 Å². The monoisotopic (exact) mass is 272 g/mol. The Morgan fingerprint density at radius 3 is 2.25 bits per heavy atom. The average molecular weight is 272 g/mol. The molecule has 20 heavy (non-hydrogen) atoms. The summed E-state index contributed by atoms with van der Waals surface area (Å²) in [5, 5.41) is 8.80. The zero-order valence-corrected chi connectivity index (χ0v) is 12.3. The van der Waals surface area contributed by atoms with Crippen molar-refractivity contribution in [1.82, 2.24) is 0 Å². The molecule has 0 aliphatic carbocycles. The Hall–Kier alpha value is -1.86. The number of rotatable bonds is 2. The van der Waals surface area contributed by atoms with Gasteiger partial charge in [-0.15, -0.1) is 0 Å². The summed E-state index contributed by atoms with van der Waals surface area (Å²) in [6.45, 7) is 6.02. The highest BCUT2D eigenvalue weighted by atomic mass is 16.5. The number of amides is 1. The molecule has 0 bridgehead atoms. The molecule has 0 aromatic heterocycles. The Balaban J connectivity index is 2.18. The van der Waals surface area contributed by atoms with Crippen LogP contribution in [0.4, 0.5) is 5.69 Å². The minimum Gasteiger partial charge on any atom is -0.374 e. The largest absolute Gasteiger partial charge is 0.374 e. The number of nitriles is 1. The minimum absolute atomic E-state index is 0.0617. The first kappa shape index (κ1) is 14.5. The van der Waals surface area contributed by atoms with Crippen LogP contribution in [0.3, 0.4) is 0 Å². The van der Waals surface area contributed by atoms with Crippen LogP contribution in [-0.2, 0) is 9.53 Å². The van der Waals surface area contributed by atoms with Crippen molar-refractivity contribution >= 4 is 11.6 Å². The van der Waals surface area contributed by atoms with E-state index in [1.807, 2.05) is 13.8 Å². The van der Waals surface area contributed by atoms with E-state index >= 15 is 0 Å². The van der Waals surface area contributed by atoms with Crippen molar-refractivity contribution in [1.29, 1.82) is 5.26 Å². The number of ether oxygens (including phenoxy) is 1. The van der Waals surface area contributed by atoms with Gasteiger partial charge in [0.05, 0.1) is 29.8 Å². The van der Waals surface area contributed by atoms with Gasteiger partial charge in [-0.25, -0.2) is 0 Å². The molecule has 1 saturated heterocycles. The molecule has 0 radical (unpaired) electrons. The molecule has 1 aromatic rings. The topological polar surface area (TPSA) is 53.3 Å². The molecule has 4 heteroatoms. The number of carbonyl (C=O) groups is 1. The van der Waals surface area contributed by atoms with Gasteiger partial charge in [0.1, 0.15) is 0 Å². The molecule has 2 rings (SSSR count). The van der Waals surface area contributed by atoms with Gasteiger partial charge >= 0.3 is 0 Å². The molecular formula is C16H20N2O2. The van der Waals surface area contributed by atoms with E-state index in [9.17, 15) is 4.79 Å². The number of hydrogen-bond acceptors (Lipinski definition) is 3. The molecular weight excluding hydrogens is 252 g/mol. The van der Waals surface area contributed by atoms with Gasteiger partial charge in [-0.1, -0.05) is 6.92 Å². The summed E-state index contributed by atoms with van der Waals surface area (Å²) in [6, 6.07) is 9.11. The van der Waals surface area contributed by atoms with Gasteiger partial charge in [-0.2, -0.15) is 5.26 Å². The normalized spacial score (nSPS) is 28.9. The van der Waals surface area contributed by atoms with Gasteiger partial charge in [-0.3, -0.25) is 4.79 Å². The molecule has 4 nitrogen and oxygen atoms in total. The zero-order chi connectivity index (χ0) is 14.9. The molecule has 1 amide bonds. The molecule has 0 N–H and O–H groups in total. The van der Waals surface area contributed by atoms with E-state index in [4.69, 9.17) is 10.00 Å². The van der Waals surface area contributed by atoms with E-state index in [-0.39, 0.29) is 30.0 Å². The molecule has 0 saturated carbocycles. The highest BCUT2D eigenvalue weighted by Gasteiger charge is 2.42. The third kappa shape index (κ3) is 2.54. The molecule has 1 aliphatic heterocycles. The summed E-state index contributed by atoms with van der Waals surface area (Å²) in [6.07, 6.45) is 0.0432. The SMILES string of the molecule is CC1OC(C)C(C(=O)N(C)c2ccc(C#N)cc2)C1C. The van der Waals surface area contributed by atoms with E-state index in [2.05, 4.69) is 13.0 Å². The van der Waals surface area contributed by atoms with E-state index in [1.165, 1.54) is 0 Å². The Morgan fingerprint density at radius 2 is 1.80 bits per heavy atom. The fourth-order valence-electron chi connectivity index (χ4n) is 2.80. The molecule has 106 valence electrons. The summed E-state index contributed by atoms with van der Waals surface area (Å²) >= 11 is 0. The molecule has 4 unspecified atom stereocenters. The summed E-state index contributed by atoms with van der Waals surface area (Å²) in [5.74, 6) is 0.156. The van der Waals surface area contributed by atoms with Crippen LogP contribution in [0.1, 0.15) is 26.3 Å². The van der Waals surface area contributed by atoms with E-state index < -0.39 is 0 Å². The highest BCUT2D eigenvalue weighted by molar-refractivity contribution is 5.95. The lowest BCUT2D eigenvalue weighted by Crippen LogP contribution is -2.38. The second kappa shape index (κ2) is 5.64. The zero-order valence-electron chi connectivity index (χ0n) is 12.3. The molecule has 1 fully saturated rings. The number of carbonyl (C=O) groups excluding carboxylic acids is 1. The Labute approximate surface area is 120 Å². The maximum atomic E-state index is 12.6. The van der Waals surface area contributed by atoms with Gasteiger partial charge in [0.25, 0.3) is 0 Å². The van der Waals surface area contributed by atoms with E-state index in [0.29, 0.717) is 5.56 Å². The van der Waals surface area contributed by atoms with Gasteiger partial charge in [0, 0.05) is 12.7 Å². The van der Waals surface area contributed by atoms with Crippen LogP contribution in [0, 0.1) is 23.2 Å². The molecule has 4 atom stereocenters. The van der Waals surface area contributed by atoms with Crippen molar-refractivity contribution in [2.75, 3.05) is 11.9 Å². The van der Waals surface area contributed by atoms with Crippen LogP contribution in [0.5, 0.6) is 0 Å². The number of benzene rings is 1. The van der Waals surface area contributed by atoms with Crippen LogP contribution in [0.15, 0.2) is 24.3 Å². The maximum absolute atomic E-state index is 12.6. The maximum Gasteiger partial charge on any atom is 0.232 e. The van der Waals surface area contributed by atoms with Crippen LogP contribution in [0.25, 0.3) is 0 Å². The fourth-order valence-corrected chi connectivity index (χ4v) is 2.80. The molecule has 1 aliphatic rings. The first-order valence-corrected chi connectivity index (χ1v) is 6.89. The summed E-state index contributed by atoms with van der Waals surface area (Å²) < 4.78 is 5.74. The lowest BCUT2D eigenvalue weighted by Gasteiger charge is -2.25. The fraction of sp³-hybridized carbons (Fsp3) is 0.500. The average Bonchev–Trinajstić information content (AvgIpc) is 2.71. The third-order valence-electron chi connectivity index (χ3n) is 4.24. The number of nitrogens with zero attached hydrogens (tertiary/aromatic N) is 2. The second-order valence-corrected chi connectivity index (χ2v) is 5.49. The van der Waals surface area contributed by atoms with E-state index in [0.717, 1.165) is 5.69 Å². The molecule has 0 spiro atoms. The van der Waals surface area contributed by atoms with Crippen molar-refractivity contribution < 1.29 is 9.53 Å². The summed E-state index contributed by atoms with van der Waals surface area (Å²) in [4.78, 5) is 14.3. The van der Waals surface area contributed by atoms with Gasteiger partial charge in [0.15, 0.2) is 0 Å². The predicted molar refractivity (Wildman–Crippen MR) is 77.2 cm³/mol. The molecule has 1 heterocycles. The summed E-state index contributed by atoms with van der Waals surface area (Å²) in [7, 11) is 1.77. The van der Waals surface area contributed by atoms with Crippen molar-refractivity contribution in [3.8, 4) is 6.07 Å². The van der Waals surface area contributed by atoms with Crippen LogP contribution in [0.2, 0.25) is 0 Å². The minimum atomic E-state index is -0.120. The Kier molecular flexibility index (Phi) is 4.10. The van der Waals surface area contributed by atoms with Gasteiger partial charge in [0.2, 0.25) is 5.91 Å². The van der Waals surface area contributed by atoms with Crippen molar-refractivity contribution in [3.63, 3.8) is 0 Å². The number of anilines is 1. The second-order valence-electron chi connectivity index (χ2n) is 5.49. The first-order chi connectivity index (χ1) is 9.45. The van der Waals surface area contributed by atoms with Gasteiger partial charge < -0.3 is 9.64 Å². The first-order valence-electron chi connectivity index (χ1n) is 6.89. The van der Waals surface area contributed by atoms with Crippen LogP contribution in [-0.4, -0.2) is 25.2 Å². The lowest BCUT2D eigenvalue weighted by molar-refractivity contribution is -0.124. The summed E-state index contributed by atoms with van der Waals surface area (Å²) in [5.41, 5.74) is 1.39. The Morgan fingerprint density at radius 1 is 1.20 bits per heavy atom. The standard InChI is InChI=1S/C16H20N2O2/c1-10-11(2)20-12(3)15(10)16(19)18(4)14-7-5-13(9-17)6-8-14/h5-8,10-12,15H,1-4H3. The van der Waals surface area contributed by atoms with E-state index in [1.54, 1.807) is 36.2 Å². The number of hydrogen-bond donors (Lipinski definition) is 0. The lowest BCUT2D eigenvalue weighted by atomic mass is 9.88. The quantitative estimate of drug-likeness (QED) is 0.831. The van der Waals surface area contributed by atoms with Crippen molar-refractivity contribution in [2.45, 2.75) is 33.0 Å². The van der Waals surface area contributed by atoms with Crippen LogP contribution < -0.4 is 4.90 Å².